The fourth-order valence-corrected chi connectivity index (χ4v) is 4.48. The van der Waals surface area contributed by atoms with E-state index in [-0.39, 0.29) is 5.91 Å². The van der Waals surface area contributed by atoms with Gasteiger partial charge in [0.25, 0.3) is 5.91 Å². The Morgan fingerprint density at radius 3 is 2.61 bits per heavy atom. The highest BCUT2D eigenvalue weighted by atomic mass is 16.4. The van der Waals surface area contributed by atoms with Crippen LogP contribution >= 0.6 is 0 Å². The number of nitrogens with zero attached hydrogens (tertiary/aromatic N) is 5. The number of amides is 1. The van der Waals surface area contributed by atoms with Crippen molar-refractivity contribution in [1.29, 1.82) is 0 Å². The molecule has 4 rings (SSSR count). The van der Waals surface area contributed by atoms with Crippen LogP contribution in [0.3, 0.4) is 0 Å². The van der Waals surface area contributed by atoms with E-state index in [1.807, 2.05) is 29.5 Å². The van der Waals surface area contributed by atoms with E-state index >= 15 is 0 Å². The number of rotatable bonds is 4. The largest absolute Gasteiger partial charge is 0.456 e. The third kappa shape index (κ3) is 3.99. The Hall–Kier alpha value is -2.15. The van der Waals surface area contributed by atoms with Gasteiger partial charge in [0.1, 0.15) is 5.76 Å². The molecule has 2 aliphatic heterocycles. The number of carbonyl (C=O) groups excluding carboxylic acids is 1. The molecule has 0 N–H and O–H groups in total. The highest BCUT2D eigenvalue weighted by Crippen LogP contribution is 2.30. The van der Waals surface area contributed by atoms with Gasteiger partial charge in [0, 0.05) is 31.7 Å². The van der Waals surface area contributed by atoms with Crippen LogP contribution in [0.2, 0.25) is 0 Å². The second kappa shape index (κ2) is 7.35. The molecule has 0 spiro atoms. The van der Waals surface area contributed by atoms with Gasteiger partial charge in [-0.15, -0.1) is 5.10 Å². The van der Waals surface area contributed by atoms with Crippen molar-refractivity contribution >= 4 is 5.91 Å². The standard InChI is InChI=1S/C21H31N5O2/c1-15-11-16(2)28-19(15)20(27)25-8-5-18(6-9-25)26-13-17(22-23-26)12-24-10-7-21(3,4)14-24/h11,13,18H,5-10,12,14H2,1-4H3. The predicted molar refractivity (Wildman–Crippen MR) is 106 cm³/mol. The van der Waals surface area contributed by atoms with Crippen molar-refractivity contribution in [3.63, 3.8) is 0 Å². The van der Waals surface area contributed by atoms with Gasteiger partial charge in [0.15, 0.2) is 5.76 Å². The summed E-state index contributed by atoms with van der Waals surface area (Å²) in [4.78, 5) is 17.1. The van der Waals surface area contributed by atoms with Gasteiger partial charge in [-0.1, -0.05) is 19.1 Å². The third-order valence-corrected chi connectivity index (χ3v) is 6.06. The molecule has 2 aliphatic rings. The Kier molecular flexibility index (Phi) is 5.04. The molecule has 0 saturated carbocycles. The summed E-state index contributed by atoms with van der Waals surface area (Å²) >= 11 is 0. The number of hydrogen-bond donors (Lipinski definition) is 0. The molecule has 2 aromatic heterocycles. The van der Waals surface area contributed by atoms with Gasteiger partial charge in [-0.2, -0.15) is 0 Å². The molecule has 152 valence electrons. The molecule has 0 bridgehead atoms. The minimum atomic E-state index is -0.0000209. The van der Waals surface area contributed by atoms with E-state index in [2.05, 4.69) is 35.3 Å². The van der Waals surface area contributed by atoms with Gasteiger partial charge < -0.3 is 9.32 Å². The monoisotopic (exact) mass is 385 g/mol. The minimum Gasteiger partial charge on any atom is -0.456 e. The van der Waals surface area contributed by atoms with Crippen LogP contribution in [-0.2, 0) is 6.54 Å². The van der Waals surface area contributed by atoms with Crippen LogP contribution in [0.15, 0.2) is 16.7 Å². The van der Waals surface area contributed by atoms with Gasteiger partial charge >= 0.3 is 0 Å². The van der Waals surface area contributed by atoms with Crippen molar-refractivity contribution in [3.8, 4) is 0 Å². The second-order valence-electron chi connectivity index (χ2n) is 9.21. The minimum absolute atomic E-state index is 0.0000209. The number of aromatic nitrogens is 3. The maximum absolute atomic E-state index is 12.7. The Morgan fingerprint density at radius 2 is 2.00 bits per heavy atom. The normalized spacial score (nSPS) is 20.8. The first-order valence-corrected chi connectivity index (χ1v) is 10.3. The second-order valence-corrected chi connectivity index (χ2v) is 9.21. The van der Waals surface area contributed by atoms with Crippen LogP contribution in [0.5, 0.6) is 0 Å². The van der Waals surface area contributed by atoms with Crippen molar-refractivity contribution in [1.82, 2.24) is 24.8 Å². The fraction of sp³-hybridized carbons (Fsp3) is 0.667. The molecular formula is C21H31N5O2. The van der Waals surface area contributed by atoms with Crippen LogP contribution in [0.4, 0.5) is 0 Å². The smallest absolute Gasteiger partial charge is 0.289 e. The van der Waals surface area contributed by atoms with Gasteiger partial charge in [-0.25, -0.2) is 4.68 Å². The van der Waals surface area contributed by atoms with Crippen LogP contribution in [0, 0.1) is 19.3 Å². The number of furan rings is 1. The number of aryl methyl sites for hydroxylation is 2. The zero-order valence-corrected chi connectivity index (χ0v) is 17.4. The van der Waals surface area contributed by atoms with Gasteiger partial charge in [-0.05, 0) is 51.1 Å². The number of hydrogen-bond acceptors (Lipinski definition) is 5. The molecule has 2 fully saturated rings. The van der Waals surface area contributed by atoms with E-state index in [0.29, 0.717) is 17.2 Å². The van der Waals surface area contributed by atoms with Gasteiger partial charge in [-0.3, -0.25) is 9.69 Å². The van der Waals surface area contributed by atoms with Crippen molar-refractivity contribution in [2.75, 3.05) is 26.2 Å². The molecule has 0 atom stereocenters. The molecule has 0 unspecified atom stereocenters. The SMILES string of the molecule is Cc1cc(C)c(C(=O)N2CCC(n3cc(CN4CCC(C)(C)C4)nn3)CC2)o1. The zero-order valence-electron chi connectivity index (χ0n) is 17.4. The lowest BCUT2D eigenvalue weighted by Crippen LogP contribution is -2.39. The number of likely N-dealkylation sites (tertiary alicyclic amines) is 2. The topological polar surface area (TPSA) is 67.4 Å². The highest BCUT2D eigenvalue weighted by molar-refractivity contribution is 5.93. The van der Waals surface area contributed by atoms with Crippen LogP contribution in [0.25, 0.3) is 0 Å². The molecular weight excluding hydrogens is 354 g/mol. The maximum Gasteiger partial charge on any atom is 0.289 e. The van der Waals surface area contributed by atoms with Crippen LogP contribution < -0.4 is 0 Å². The average molecular weight is 386 g/mol. The Balaban J connectivity index is 1.32. The summed E-state index contributed by atoms with van der Waals surface area (Å²) in [6.07, 6.45) is 5.11. The van der Waals surface area contributed by atoms with Crippen molar-refractivity contribution in [2.24, 2.45) is 5.41 Å². The van der Waals surface area contributed by atoms with E-state index in [1.54, 1.807) is 0 Å². The molecule has 1 amide bonds. The van der Waals surface area contributed by atoms with Crippen molar-refractivity contribution in [3.05, 3.63) is 35.0 Å². The van der Waals surface area contributed by atoms with Gasteiger partial charge in [0.2, 0.25) is 0 Å². The molecule has 0 aliphatic carbocycles. The van der Waals surface area contributed by atoms with Crippen molar-refractivity contribution < 1.29 is 9.21 Å². The average Bonchev–Trinajstić information content (AvgIpc) is 3.34. The summed E-state index contributed by atoms with van der Waals surface area (Å²) in [7, 11) is 0. The van der Waals surface area contributed by atoms with E-state index in [0.717, 1.165) is 62.6 Å². The van der Waals surface area contributed by atoms with E-state index in [1.165, 1.54) is 6.42 Å². The van der Waals surface area contributed by atoms with Crippen molar-refractivity contribution in [2.45, 2.75) is 59.5 Å². The highest BCUT2D eigenvalue weighted by Gasteiger charge is 2.30. The molecule has 4 heterocycles. The molecule has 7 heteroatoms. The first-order chi connectivity index (χ1) is 13.3. The van der Waals surface area contributed by atoms with Crippen LogP contribution in [-0.4, -0.2) is 56.9 Å². The summed E-state index contributed by atoms with van der Waals surface area (Å²) in [6, 6.07) is 2.22. The lowest BCUT2D eigenvalue weighted by atomic mass is 9.93. The van der Waals surface area contributed by atoms with Crippen LogP contribution in [0.1, 0.15) is 66.7 Å². The maximum atomic E-state index is 12.7. The summed E-state index contributed by atoms with van der Waals surface area (Å²) in [6.45, 7) is 13.0. The first kappa shape index (κ1) is 19.2. The van der Waals surface area contributed by atoms with E-state index in [9.17, 15) is 4.79 Å². The fourth-order valence-electron chi connectivity index (χ4n) is 4.48. The zero-order chi connectivity index (χ0) is 19.9. The van der Waals surface area contributed by atoms with Gasteiger partial charge in [0.05, 0.1) is 17.9 Å². The predicted octanol–water partition coefficient (Wildman–Crippen LogP) is 3.20. The first-order valence-electron chi connectivity index (χ1n) is 10.3. The molecule has 28 heavy (non-hydrogen) atoms. The molecule has 0 aromatic carbocycles. The summed E-state index contributed by atoms with van der Waals surface area (Å²) < 4.78 is 7.60. The molecule has 7 nitrogen and oxygen atoms in total. The van der Waals surface area contributed by atoms with E-state index < -0.39 is 0 Å². The Morgan fingerprint density at radius 1 is 1.25 bits per heavy atom. The number of carbonyl (C=O) groups is 1. The lowest BCUT2D eigenvalue weighted by molar-refractivity contribution is 0.0655. The summed E-state index contributed by atoms with van der Waals surface area (Å²) in [5.74, 6) is 1.26. The Labute approximate surface area is 166 Å². The summed E-state index contributed by atoms with van der Waals surface area (Å²) in [5.41, 5.74) is 2.36. The Bertz CT molecular complexity index is 845. The molecule has 0 radical (unpaired) electrons. The lowest BCUT2D eigenvalue weighted by Gasteiger charge is -2.31. The quantitative estimate of drug-likeness (QED) is 0.808. The summed E-state index contributed by atoms with van der Waals surface area (Å²) in [5, 5.41) is 8.78. The molecule has 2 saturated heterocycles. The third-order valence-electron chi connectivity index (χ3n) is 6.06. The molecule has 2 aromatic rings. The number of piperidine rings is 1. The van der Waals surface area contributed by atoms with E-state index in [4.69, 9.17) is 4.42 Å².